The Morgan fingerprint density at radius 3 is 2.46 bits per heavy atom. The topological polar surface area (TPSA) is 88.4 Å². The number of benzene rings is 4. The highest BCUT2D eigenvalue weighted by atomic mass is 35.5. The maximum Gasteiger partial charge on any atom is 0.337 e. The summed E-state index contributed by atoms with van der Waals surface area (Å²) in [5.74, 6) is -0.851. The first kappa shape index (κ1) is 25.8. The zero-order chi connectivity index (χ0) is 26.4. The SMILES string of the molecule is COC(=O)c1ccc(NC(=O)/C(C#N)=C/c2cc(Cl)cc(Cl)c2OCc2cccc3ccccc23)cc1. The molecule has 4 aromatic carbocycles. The van der Waals surface area contributed by atoms with E-state index in [0.29, 0.717) is 27.6 Å². The minimum Gasteiger partial charge on any atom is -0.487 e. The first-order valence-corrected chi connectivity index (χ1v) is 11.8. The summed E-state index contributed by atoms with van der Waals surface area (Å²) in [4.78, 5) is 24.4. The highest BCUT2D eigenvalue weighted by molar-refractivity contribution is 6.36. The van der Waals surface area contributed by atoms with Gasteiger partial charge in [-0.05, 0) is 58.8 Å². The molecule has 0 bridgehead atoms. The molecule has 0 saturated heterocycles. The summed E-state index contributed by atoms with van der Waals surface area (Å²) in [5, 5.41) is 15.0. The Balaban J connectivity index is 1.59. The fraction of sp³-hybridized carbons (Fsp3) is 0.0690. The average Bonchev–Trinajstić information content (AvgIpc) is 2.91. The van der Waals surface area contributed by atoms with Gasteiger partial charge in [0.05, 0.1) is 17.7 Å². The number of methoxy groups -OCH3 is 1. The van der Waals surface area contributed by atoms with Crippen molar-refractivity contribution in [3.8, 4) is 11.8 Å². The Morgan fingerprint density at radius 2 is 1.73 bits per heavy atom. The molecule has 0 radical (unpaired) electrons. The number of fused-ring (bicyclic) bond motifs is 1. The average molecular weight is 531 g/mol. The molecule has 184 valence electrons. The molecule has 1 N–H and O–H groups in total. The summed E-state index contributed by atoms with van der Waals surface area (Å²) in [7, 11) is 1.28. The maximum atomic E-state index is 12.8. The lowest BCUT2D eigenvalue weighted by Gasteiger charge is -2.14. The van der Waals surface area contributed by atoms with Crippen LogP contribution in [-0.2, 0) is 16.1 Å². The summed E-state index contributed by atoms with van der Waals surface area (Å²) in [6.07, 6.45) is 1.37. The smallest absolute Gasteiger partial charge is 0.337 e. The number of nitrogens with one attached hydrogen (secondary N) is 1. The molecule has 6 nitrogen and oxygen atoms in total. The van der Waals surface area contributed by atoms with Crippen LogP contribution in [0.25, 0.3) is 16.8 Å². The zero-order valence-electron chi connectivity index (χ0n) is 19.6. The van der Waals surface area contributed by atoms with Gasteiger partial charge in [-0.25, -0.2) is 4.79 Å². The quantitative estimate of drug-likeness (QED) is 0.157. The van der Waals surface area contributed by atoms with Gasteiger partial charge in [0.15, 0.2) is 0 Å². The summed E-state index contributed by atoms with van der Waals surface area (Å²) in [6, 6.07) is 25.0. The zero-order valence-corrected chi connectivity index (χ0v) is 21.1. The van der Waals surface area contributed by atoms with Gasteiger partial charge in [-0.1, -0.05) is 65.7 Å². The second kappa shape index (κ2) is 11.6. The lowest BCUT2D eigenvalue weighted by molar-refractivity contribution is -0.112. The van der Waals surface area contributed by atoms with Gasteiger partial charge in [0.2, 0.25) is 0 Å². The summed E-state index contributed by atoms with van der Waals surface area (Å²) in [6.45, 7) is 0.212. The molecule has 4 aromatic rings. The van der Waals surface area contributed by atoms with Gasteiger partial charge in [0, 0.05) is 16.3 Å². The molecule has 0 atom stereocenters. The Labute approximate surface area is 223 Å². The number of ether oxygens (including phenoxy) is 2. The van der Waals surface area contributed by atoms with Gasteiger partial charge < -0.3 is 14.8 Å². The second-order valence-corrected chi connectivity index (χ2v) is 8.77. The van der Waals surface area contributed by atoms with E-state index in [4.69, 9.17) is 27.9 Å². The van der Waals surface area contributed by atoms with Crippen LogP contribution in [0.15, 0.2) is 84.4 Å². The number of hydrogen-bond donors (Lipinski definition) is 1. The number of rotatable bonds is 7. The van der Waals surface area contributed by atoms with Crippen LogP contribution in [0.2, 0.25) is 10.0 Å². The third-order valence-corrected chi connectivity index (χ3v) is 6.02. The monoisotopic (exact) mass is 530 g/mol. The number of amides is 1. The second-order valence-electron chi connectivity index (χ2n) is 7.93. The van der Waals surface area contributed by atoms with Crippen molar-refractivity contribution < 1.29 is 19.1 Å². The number of carbonyl (C=O) groups is 2. The van der Waals surface area contributed by atoms with Gasteiger partial charge in [-0.15, -0.1) is 0 Å². The molecule has 0 fully saturated rings. The minimum absolute atomic E-state index is 0.189. The summed E-state index contributed by atoms with van der Waals surface area (Å²) < 4.78 is 10.8. The number of nitriles is 1. The van der Waals surface area contributed by atoms with E-state index in [1.165, 1.54) is 43.5 Å². The first-order valence-electron chi connectivity index (χ1n) is 11.1. The van der Waals surface area contributed by atoms with Crippen molar-refractivity contribution in [3.05, 3.63) is 111 Å². The molecule has 0 aliphatic heterocycles. The van der Waals surface area contributed by atoms with Gasteiger partial charge >= 0.3 is 5.97 Å². The fourth-order valence-corrected chi connectivity index (χ4v) is 4.28. The standard InChI is InChI=1S/C29H20Cl2N2O4/c1-36-29(35)19-9-11-24(12-10-19)33-28(34)22(16-32)13-21-14-23(30)15-26(31)27(21)37-17-20-7-4-6-18-5-2-3-8-25(18)20/h2-15H,17H2,1H3,(H,33,34)/b22-13+. The largest absolute Gasteiger partial charge is 0.487 e. The highest BCUT2D eigenvalue weighted by Crippen LogP contribution is 2.35. The van der Waals surface area contributed by atoms with E-state index in [-0.39, 0.29) is 17.2 Å². The molecular formula is C29H20Cl2N2O4. The van der Waals surface area contributed by atoms with E-state index in [9.17, 15) is 14.9 Å². The van der Waals surface area contributed by atoms with Crippen LogP contribution < -0.4 is 10.1 Å². The Bertz CT molecular complexity index is 1550. The molecule has 0 aliphatic rings. The molecule has 0 aliphatic carbocycles. The molecule has 0 saturated carbocycles. The fourth-order valence-electron chi connectivity index (χ4n) is 3.72. The van der Waals surface area contributed by atoms with Crippen molar-refractivity contribution in [2.24, 2.45) is 0 Å². The van der Waals surface area contributed by atoms with Crippen LogP contribution in [-0.4, -0.2) is 19.0 Å². The summed E-state index contributed by atoms with van der Waals surface area (Å²) in [5.41, 5.74) is 1.87. The Morgan fingerprint density at radius 1 is 1.00 bits per heavy atom. The van der Waals surface area contributed by atoms with Crippen molar-refractivity contribution >= 4 is 57.6 Å². The minimum atomic E-state index is -0.649. The van der Waals surface area contributed by atoms with Crippen molar-refractivity contribution in [1.29, 1.82) is 5.26 Å². The Kier molecular flexibility index (Phi) is 8.09. The predicted octanol–water partition coefficient (Wildman–Crippen LogP) is 7.06. The maximum absolute atomic E-state index is 12.8. The van der Waals surface area contributed by atoms with Crippen molar-refractivity contribution in [3.63, 3.8) is 0 Å². The molecule has 0 heterocycles. The van der Waals surface area contributed by atoms with Gasteiger partial charge in [0.1, 0.15) is 24.0 Å². The van der Waals surface area contributed by atoms with E-state index < -0.39 is 11.9 Å². The molecule has 8 heteroatoms. The molecular weight excluding hydrogens is 511 g/mol. The van der Waals surface area contributed by atoms with Crippen LogP contribution in [0.1, 0.15) is 21.5 Å². The van der Waals surface area contributed by atoms with E-state index in [0.717, 1.165) is 16.3 Å². The molecule has 0 spiro atoms. The van der Waals surface area contributed by atoms with Crippen LogP contribution >= 0.6 is 23.2 Å². The third-order valence-electron chi connectivity index (χ3n) is 5.52. The van der Waals surface area contributed by atoms with Crippen molar-refractivity contribution in [2.75, 3.05) is 12.4 Å². The normalized spacial score (nSPS) is 11.0. The van der Waals surface area contributed by atoms with E-state index in [2.05, 4.69) is 10.1 Å². The third kappa shape index (κ3) is 6.10. The number of nitrogens with zero attached hydrogens (tertiary/aromatic N) is 1. The van der Waals surface area contributed by atoms with E-state index >= 15 is 0 Å². The first-order chi connectivity index (χ1) is 17.9. The lowest BCUT2D eigenvalue weighted by Crippen LogP contribution is -2.13. The predicted molar refractivity (Wildman–Crippen MR) is 145 cm³/mol. The van der Waals surface area contributed by atoms with Gasteiger partial charge in [0.25, 0.3) is 5.91 Å². The molecule has 1 amide bonds. The van der Waals surface area contributed by atoms with Crippen LogP contribution in [0, 0.1) is 11.3 Å². The van der Waals surface area contributed by atoms with Gasteiger partial charge in [-0.3, -0.25) is 4.79 Å². The highest BCUT2D eigenvalue weighted by Gasteiger charge is 2.16. The summed E-state index contributed by atoms with van der Waals surface area (Å²) >= 11 is 12.7. The van der Waals surface area contributed by atoms with E-state index in [1.54, 1.807) is 6.07 Å². The number of hydrogen-bond acceptors (Lipinski definition) is 5. The van der Waals surface area contributed by atoms with Crippen LogP contribution in [0.5, 0.6) is 5.75 Å². The number of anilines is 1. The molecule has 0 unspecified atom stereocenters. The van der Waals surface area contributed by atoms with E-state index in [1.807, 2.05) is 48.5 Å². The van der Waals surface area contributed by atoms with Crippen molar-refractivity contribution in [1.82, 2.24) is 0 Å². The van der Waals surface area contributed by atoms with Crippen LogP contribution in [0.3, 0.4) is 0 Å². The molecule has 4 rings (SSSR count). The Hall–Kier alpha value is -4.31. The molecule has 37 heavy (non-hydrogen) atoms. The van der Waals surface area contributed by atoms with Crippen molar-refractivity contribution in [2.45, 2.75) is 6.61 Å². The lowest BCUT2D eigenvalue weighted by atomic mass is 10.1. The van der Waals surface area contributed by atoms with Gasteiger partial charge in [-0.2, -0.15) is 5.26 Å². The number of esters is 1. The number of carbonyl (C=O) groups excluding carboxylic acids is 2. The number of halogens is 2. The van der Waals surface area contributed by atoms with Crippen LogP contribution in [0.4, 0.5) is 5.69 Å². The molecule has 0 aromatic heterocycles.